The molecule has 0 atom stereocenters. The van der Waals surface area contributed by atoms with E-state index in [1.54, 1.807) is 0 Å². The number of carbonyl (C=O) groups excluding carboxylic acids is 1. The molecule has 2 aliphatic rings. The van der Waals surface area contributed by atoms with E-state index in [0.29, 0.717) is 6.10 Å². The molecule has 2 rings (SSSR count). The predicted octanol–water partition coefficient (Wildman–Crippen LogP) is 2.68. The Labute approximate surface area is 159 Å². The Bertz CT molecular complexity index is 414. The van der Waals surface area contributed by atoms with Crippen LogP contribution in [-0.2, 0) is 9.53 Å². The number of hydrogen-bond donors (Lipinski definition) is 2. The van der Waals surface area contributed by atoms with E-state index < -0.39 is 0 Å². The smallest absolute Gasteiger partial charge is 0.244 e. The van der Waals surface area contributed by atoms with Crippen LogP contribution in [0.15, 0.2) is 4.99 Å². The minimum absolute atomic E-state index is 0.136. The fraction of sp³-hybridized carbons (Fsp3) is 0.900. The van der Waals surface area contributed by atoms with Crippen LogP contribution in [0.4, 0.5) is 0 Å². The van der Waals surface area contributed by atoms with E-state index in [-0.39, 0.29) is 12.5 Å². The lowest BCUT2D eigenvalue weighted by molar-refractivity contribution is -0.128. The second-order valence-corrected chi connectivity index (χ2v) is 7.40. The van der Waals surface area contributed by atoms with Crippen molar-refractivity contribution in [1.82, 2.24) is 15.5 Å². The third-order valence-electron chi connectivity index (χ3n) is 5.19. The highest BCUT2D eigenvalue weighted by Crippen LogP contribution is 2.19. The summed E-state index contributed by atoms with van der Waals surface area (Å²) in [5.74, 6) is 0.876. The second kappa shape index (κ2) is 13.0. The lowest BCUT2D eigenvalue weighted by atomic mass is 10.1. The third-order valence-corrected chi connectivity index (χ3v) is 5.19. The van der Waals surface area contributed by atoms with Crippen molar-refractivity contribution in [3.05, 3.63) is 0 Å². The van der Waals surface area contributed by atoms with Crippen LogP contribution in [0.5, 0.6) is 0 Å². The fourth-order valence-electron chi connectivity index (χ4n) is 3.65. The first-order chi connectivity index (χ1) is 12.8. The summed E-state index contributed by atoms with van der Waals surface area (Å²) in [6.45, 7) is 6.57. The van der Waals surface area contributed by atoms with Gasteiger partial charge in [-0.05, 0) is 45.4 Å². The zero-order valence-corrected chi connectivity index (χ0v) is 16.6. The number of aliphatic imine (C=N–C) groups is 1. The Morgan fingerprint density at radius 1 is 1.04 bits per heavy atom. The van der Waals surface area contributed by atoms with Crippen molar-refractivity contribution in [2.75, 3.05) is 39.3 Å². The lowest BCUT2D eigenvalue weighted by Gasteiger charge is -2.16. The Balaban J connectivity index is 1.56. The standard InChI is InChI=1S/C20H38N4O2/c1-2-21-20(23-17-19(25)24-14-8-9-15-24)22-13-7-10-16-26-18-11-5-3-4-6-12-18/h18H,2-17H2,1H3,(H2,21,22,23). The van der Waals surface area contributed by atoms with Gasteiger partial charge in [0.15, 0.2) is 5.96 Å². The van der Waals surface area contributed by atoms with Crippen molar-refractivity contribution in [3.63, 3.8) is 0 Å². The van der Waals surface area contributed by atoms with Gasteiger partial charge in [-0.2, -0.15) is 0 Å². The first-order valence-corrected chi connectivity index (χ1v) is 10.7. The average Bonchev–Trinajstić information content (AvgIpc) is 3.07. The van der Waals surface area contributed by atoms with Gasteiger partial charge in [0.05, 0.1) is 6.10 Å². The summed E-state index contributed by atoms with van der Waals surface area (Å²) >= 11 is 0. The number of nitrogens with one attached hydrogen (secondary N) is 2. The molecule has 1 saturated carbocycles. The van der Waals surface area contributed by atoms with Crippen molar-refractivity contribution >= 4 is 11.9 Å². The molecule has 1 aliphatic carbocycles. The van der Waals surface area contributed by atoms with Crippen LogP contribution in [-0.4, -0.2) is 62.2 Å². The summed E-state index contributed by atoms with van der Waals surface area (Å²) in [6, 6.07) is 0. The maximum atomic E-state index is 12.1. The normalized spacial score (nSPS) is 19.4. The minimum atomic E-state index is 0.136. The van der Waals surface area contributed by atoms with Gasteiger partial charge in [-0.25, -0.2) is 4.99 Å². The average molecular weight is 367 g/mol. The number of likely N-dealkylation sites (tertiary alicyclic amines) is 1. The third kappa shape index (κ3) is 8.39. The van der Waals surface area contributed by atoms with E-state index in [0.717, 1.165) is 64.4 Å². The van der Waals surface area contributed by atoms with Gasteiger partial charge in [-0.15, -0.1) is 0 Å². The van der Waals surface area contributed by atoms with Crippen LogP contribution in [0.2, 0.25) is 0 Å². The van der Waals surface area contributed by atoms with Gasteiger partial charge in [0.1, 0.15) is 6.54 Å². The van der Waals surface area contributed by atoms with Crippen molar-refractivity contribution < 1.29 is 9.53 Å². The van der Waals surface area contributed by atoms with Crippen LogP contribution < -0.4 is 10.6 Å². The molecular formula is C20H38N4O2. The SMILES string of the molecule is CCNC(=NCC(=O)N1CCCC1)NCCCCOC1CCCCCC1. The number of amides is 1. The molecule has 2 fully saturated rings. The Morgan fingerprint density at radius 2 is 1.77 bits per heavy atom. The Morgan fingerprint density at radius 3 is 2.46 bits per heavy atom. The summed E-state index contributed by atoms with van der Waals surface area (Å²) in [5.41, 5.74) is 0. The molecule has 0 aromatic carbocycles. The van der Waals surface area contributed by atoms with E-state index in [1.165, 1.54) is 38.5 Å². The number of unbranched alkanes of at least 4 members (excludes halogenated alkanes) is 1. The largest absolute Gasteiger partial charge is 0.378 e. The predicted molar refractivity (Wildman–Crippen MR) is 106 cm³/mol. The molecule has 1 aliphatic heterocycles. The second-order valence-electron chi connectivity index (χ2n) is 7.40. The molecule has 0 spiro atoms. The van der Waals surface area contributed by atoms with Gasteiger partial charge in [-0.3, -0.25) is 4.79 Å². The van der Waals surface area contributed by atoms with Crippen molar-refractivity contribution in [2.24, 2.45) is 4.99 Å². The Hall–Kier alpha value is -1.30. The molecule has 0 unspecified atom stereocenters. The molecule has 1 amide bonds. The quantitative estimate of drug-likeness (QED) is 0.285. The Kier molecular flexibility index (Phi) is 10.5. The van der Waals surface area contributed by atoms with Gasteiger partial charge in [0, 0.05) is 32.8 Å². The van der Waals surface area contributed by atoms with E-state index in [4.69, 9.17) is 4.74 Å². The first-order valence-electron chi connectivity index (χ1n) is 10.7. The summed E-state index contributed by atoms with van der Waals surface area (Å²) in [6.07, 6.45) is 12.7. The van der Waals surface area contributed by atoms with Crippen molar-refractivity contribution in [3.8, 4) is 0 Å². The molecule has 0 aromatic rings. The molecule has 1 heterocycles. The van der Waals surface area contributed by atoms with E-state index in [1.807, 2.05) is 11.8 Å². The van der Waals surface area contributed by atoms with Crippen LogP contribution in [0, 0.1) is 0 Å². The number of hydrogen-bond acceptors (Lipinski definition) is 3. The molecule has 6 nitrogen and oxygen atoms in total. The lowest BCUT2D eigenvalue weighted by Crippen LogP contribution is -2.39. The van der Waals surface area contributed by atoms with Crippen molar-refractivity contribution in [2.45, 2.75) is 77.2 Å². The van der Waals surface area contributed by atoms with E-state index in [9.17, 15) is 4.79 Å². The summed E-state index contributed by atoms with van der Waals surface area (Å²) in [4.78, 5) is 18.4. The van der Waals surface area contributed by atoms with Gasteiger partial charge < -0.3 is 20.3 Å². The van der Waals surface area contributed by atoms with E-state index >= 15 is 0 Å². The molecule has 0 bridgehead atoms. The number of ether oxygens (including phenoxy) is 1. The molecule has 150 valence electrons. The van der Waals surface area contributed by atoms with Crippen LogP contribution in [0.25, 0.3) is 0 Å². The van der Waals surface area contributed by atoms with Gasteiger partial charge in [0.2, 0.25) is 5.91 Å². The molecule has 0 aromatic heterocycles. The summed E-state index contributed by atoms with van der Waals surface area (Å²) < 4.78 is 6.03. The first kappa shape index (κ1) is 21.0. The van der Waals surface area contributed by atoms with E-state index in [2.05, 4.69) is 15.6 Å². The van der Waals surface area contributed by atoms with Crippen LogP contribution in [0.1, 0.15) is 71.1 Å². The number of carbonyl (C=O) groups is 1. The number of rotatable bonds is 9. The highest BCUT2D eigenvalue weighted by atomic mass is 16.5. The zero-order valence-electron chi connectivity index (χ0n) is 16.6. The monoisotopic (exact) mass is 366 g/mol. The molecule has 1 saturated heterocycles. The van der Waals surface area contributed by atoms with Crippen LogP contribution in [0.3, 0.4) is 0 Å². The van der Waals surface area contributed by atoms with Gasteiger partial charge >= 0.3 is 0 Å². The molecule has 26 heavy (non-hydrogen) atoms. The topological polar surface area (TPSA) is 66.0 Å². The highest BCUT2D eigenvalue weighted by Gasteiger charge is 2.17. The summed E-state index contributed by atoms with van der Waals surface area (Å²) in [5, 5.41) is 6.54. The maximum Gasteiger partial charge on any atom is 0.244 e. The van der Waals surface area contributed by atoms with Crippen LogP contribution >= 0.6 is 0 Å². The fourth-order valence-corrected chi connectivity index (χ4v) is 3.65. The number of nitrogens with zero attached hydrogens (tertiary/aromatic N) is 2. The zero-order chi connectivity index (χ0) is 18.5. The maximum absolute atomic E-state index is 12.1. The molecule has 0 radical (unpaired) electrons. The minimum Gasteiger partial charge on any atom is -0.378 e. The highest BCUT2D eigenvalue weighted by molar-refractivity contribution is 5.85. The van der Waals surface area contributed by atoms with Crippen molar-refractivity contribution in [1.29, 1.82) is 0 Å². The van der Waals surface area contributed by atoms with Gasteiger partial charge in [0.25, 0.3) is 0 Å². The molecule has 6 heteroatoms. The number of guanidine groups is 1. The summed E-state index contributed by atoms with van der Waals surface area (Å²) in [7, 11) is 0. The van der Waals surface area contributed by atoms with Gasteiger partial charge in [-0.1, -0.05) is 25.7 Å². The molecule has 2 N–H and O–H groups in total. The molecular weight excluding hydrogens is 328 g/mol.